The van der Waals surface area contributed by atoms with Crippen LogP contribution in [-0.2, 0) is 17.0 Å². The topological polar surface area (TPSA) is 20.2 Å². The summed E-state index contributed by atoms with van der Waals surface area (Å²) in [6.07, 6.45) is -4.40. The van der Waals surface area contributed by atoms with Gasteiger partial charge in [-0.05, 0) is 0 Å². The summed E-state index contributed by atoms with van der Waals surface area (Å²) >= 11 is -0.556. The SMILES string of the molecule is OCC(F)(F)F.[CH3-].[Cl][Ti][Cl]. The molecule has 0 saturated heterocycles. The number of aliphatic hydroxyl groups is 1. The van der Waals surface area contributed by atoms with Crippen molar-refractivity contribution in [2.75, 3.05) is 6.61 Å². The van der Waals surface area contributed by atoms with Gasteiger partial charge in [0.05, 0.1) is 0 Å². The Labute approximate surface area is 74.2 Å². The fraction of sp³-hybridized carbons (Fsp3) is 0.667. The molecule has 0 spiro atoms. The van der Waals surface area contributed by atoms with Gasteiger partial charge in [-0.3, -0.25) is 0 Å². The molecule has 0 heterocycles. The summed E-state index contributed by atoms with van der Waals surface area (Å²) in [7, 11) is 9.78. The summed E-state index contributed by atoms with van der Waals surface area (Å²) in [5.41, 5.74) is 0. The molecule has 64 valence electrons. The van der Waals surface area contributed by atoms with Gasteiger partial charge in [-0.15, -0.1) is 0 Å². The van der Waals surface area contributed by atoms with Gasteiger partial charge in [-0.2, -0.15) is 13.2 Å². The molecular weight excluding hydrogens is 228 g/mol. The van der Waals surface area contributed by atoms with Crippen molar-refractivity contribution in [3.63, 3.8) is 0 Å². The molecule has 0 aliphatic rings. The van der Waals surface area contributed by atoms with Gasteiger partial charge < -0.3 is 12.5 Å². The van der Waals surface area contributed by atoms with Crippen LogP contribution in [0.1, 0.15) is 0 Å². The van der Waals surface area contributed by atoms with Crippen LogP contribution in [0.3, 0.4) is 0 Å². The van der Waals surface area contributed by atoms with Crippen LogP contribution < -0.4 is 0 Å². The fourth-order valence-corrected chi connectivity index (χ4v) is 0. The Bertz CT molecular complexity index is 60.2. The molecule has 0 saturated carbocycles. The van der Waals surface area contributed by atoms with E-state index in [0.29, 0.717) is 0 Å². The van der Waals surface area contributed by atoms with Gasteiger partial charge in [0.25, 0.3) is 0 Å². The number of hydrogen-bond donors (Lipinski definition) is 1. The monoisotopic (exact) mass is 233 g/mol. The molecule has 0 aliphatic carbocycles. The summed E-state index contributed by atoms with van der Waals surface area (Å²) in [5.74, 6) is 0. The van der Waals surface area contributed by atoms with E-state index in [1.807, 2.05) is 0 Å². The van der Waals surface area contributed by atoms with E-state index in [1.165, 1.54) is 0 Å². The third-order valence-electron chi connectivity index (χ3n) is 0.179. The van der Waals surface area contributed by atoms with Crippen LogP contribution in [0.15, 0.2) is 0 Å². The van der Waals surface area contributed by atoms with Crippen LogP contribution in [0.2, 0.25) is 0 Å². The predicted octanol–water partition coefficient (Wildman–Crippen LogP) is 2.37. The van der Waals surface area contributed by atoms with Gasteiger partial charge in [0.2, 0.25) is 0 Å². The molecular formula is C3H6Cl2F3OTi-. The summed E-state index contributed by atoms with van der Waals surface area (Å²) in [4.78, 5) is 0. The van der Waals surface area contributed by atoms with E-state index in [0.717, 1.165) is 0 Å². The first kappa shape index (κ1) is 17.2. The number of alkyl halides is 3. The van der Waals surface area contributed by atoms with Crippen LogP contribution in [0.25, 0.3) is 0 Å². The molecule has 0 aromatic heterocycles. The van der Waals surface area contributed by atoms with Gasteiger partial charge in [0.15, 0.2) is 0 Å². The van der Waals surface area contributed by atoms with E-state index < -0.39 is 29.8 Å². The molecule has 0 radical (unpaired) electrons. The maximum absolute atomic E-state index is 10.5. The van der Waals surface area contributed by atoms with Crippen LogP contribution >= 0.6 is 18.6 Å². The van der Waals surface area contributed by atoms with E-state index in [4.69, 9.17) is 23.7 Å². The summed E-state index contributed by atoms with van der Waals surface area (Å²) in [5, 5.41) is 7.28. The summed E-state index contributed by atoms with van der Waals surface area (Å²) < 4.78 is 31.6. The maximum atomic E-state index is 10.5. The van der Waals surface area contributed by atoms with E-state index >= 15 is 0 Å². The van der Waals surface area contributed by atoms with Crippen molar-refractivity contribution in [1.82, 2.24) is 0 Å². The first-order valence-electron chi connectivity index (χ1n) is 1.61. The first-order valence-corrected chi connectivity index (χ1v) is 5.91. The Hall–Kier alpha value is 1.04. The Balaban J connectivity index is -0.000000107. The van der Waals surface area contributed by atoms with Crippen LogP contribution in [0.4, 0.5) is 13.2 Å². The number of aliphatic hydroxyl groups excluding tert-OH is 1. The zero-order chi connectivity index (χ0) is 7.91. The van der Waals surface area contributed by atoms with Crippen LogP contribution in [0.5, 0.6) is 0 Å². The standard InChI is InChI=1S/C2H3F3O.CH3.2ClH.Ti/c3-2(4,5)1-6;;;;/h6H,1H2;1H3;2*1H;/q;-1;;;+2/p-2. The second-order valence-corrected chi connectivity index (χ2v) is 3.42. The molecule has 0 unspecified atom stereocenters. The fourth-order valence-electron chi connectivity index (χ4n) is 0. The van der Waals surface area contributed by atoms with Gasteiger partial charge in [-0.25, -0.2) is 0 Å². The molecule has 0 aliphatic heterocycles. The van der Waals surface area contributed by atoms with Crippen LogP contribution in [-0.4, -0.2) is 17.9 Å². The van der Waals surface area contributed by atoms with Crippen molar-refractivity contribution >= 4 is 18.6 Å². The minimum atomic E-state index is -4.40. The van der Waals surface area contributed by atoms with Gasteiger partial charge in [-0.1, -0.05) is 0 Å². The number of rotatable bonds is 0. The third kappa shape index (κ3) is 35.8. The van der Waals surface area contributed by atoms with Crippen molar-refractivity contribution in [2.24, 2.45) is 0 Å². The molecule has 1 nitrogen and oxygen atoms in total. The Morgan fingerprint density at radius 2 is 1.40 bits per heavy atom. The van der Waals surface area contributed by atoms with Gasteiger partial charge >= 0.3 is 41.8 Å². The van der Waals surface area contributed by atoms with Gasteiger partial charge in [0.1, 0.15) is 6.61 Å². The molecule has 1 N–H and O–H groups in total. The van der Waals surface area contributed by atoms with Crippen molar-refractivity contribution < 1.29 is 35.3 Å². The van der Waals surface area contributed by atoms with E-state index in [2.05, 4.69) is 0 Å². The van der Waals surface area contributed by atoms with Crippen molar-refractivity contribution in [3.05, 3.63) is 7.43 Å². The molecule has 10 heavy (non-hydrogen) atoms. The second kappa shape index (κ2) is 10.0. The normalized spacial score (nSPS) is 8.60. The average Bonchev–Trinajstić information content (AvgIpc) is 1.67. The zero-order valence-electron chi connectivity index (χ0n) is 5.04. The van der Waals surface area contributed by atoms with Crippen molar-refractivity contribution in [2.45, 2.75) is 6.18 Å². The van der Waals surface area contributed by atoms with E-state index in [9.17, 15) is 13.2 Å². The average molecular weight is 234 g/mol. The number of halogens is 5. The Morgan fingerprint density at radius 1 is 1.30 bits per heavy atom. The molecule has 0 atom stereocenters. The molecule has 0 rings (SSSR count). The first-order chi connectivity index (χ1) is 3.97. The minimum absolute atomic E-state index is 0. The zero-order valence-corrected chi connectivity index (χ0v) is 8.12. The van der Waals surface area contributed by atoms with E-state index in [1.54, 1.807) is 0 Å². The van der Waals surface area contributed by atoms with E-state index in [-0.39, 0.29) is 7.43 Å². The predicted molar refractivity (Wildman–Crippen MR) is 31.3 cm³/mol. The molecule has 7 heteroatoms. The summed E-state index contributed by atoms with van der Waals surface area (Å²) in [6, 6.07) is 0. The molecule has 0 aromatic carbocycles. The Morgan fingerprint density at radius 3 is 1.40 bits per heavy atom. The molecule has 0 amide bonds. The van der Waals surface area contributed by atoms with Crippen molar-refractivity contribution in [1.29, 1.82) is 0 Å². The quantitative estimate of drug-likeness (QED) is 0.503. The molecule has 0 bridgehead atoms. The molecule has 0 aromatic rings. The Kier molecular flexibility index (Phi) is 17.3. The number of hydrogen-bond acceptors (Lipinski definition) is 1. The van der Waals surface area contributed by atoms with Crippen molar-refractivity contribution in [3.8, 4) is 0 Å². The third-order valence-corrected chi connectivity index (χ3v) is 0.179. The molecule has 0 fully saturated rings. The van der Waals surface area contributed by atoms with Crippen LogP contribution in [0, 0.1) is 7.43 Å². The van der Waals surface area contributed by atoms with Gasteiger partial charge in [0, 0.05) is 0 Å². The summed E-state index contributed by atoms with van der Waals surface area (Å²) in [6.45, 7) is -1.73. The second-order valence-electron chi connectivity index (χ2n) is 0.845.